The van der Waals surface area contributed by atoms with Gasteiger partial charge in [-0.3, -0.25) is 0 Å². The molecule has 0 atom stereocenters. The first kappa shape index (κ1) is 12.7. The molecule has 0 unspecified atom stereocenters. The van der Waals surface area contributed by atoms with Crippen LogP contribution < -0.4 is 5.32 Å². The Labute approximate surface area is 125 Å². The van der Waals surface area contributed by atoms with E-state index in [-0.39, 0.29) is 0 Å². The Bertz CT molecular complexity index is 693. The van der Waals surface area contributed by atoms with E-state index in [1.54, 1.807) is 0 Å². The first-order chi connectivity index (χ1) is 10.4. The largest absolute Gasteiger partial charge is 0.384 e. The molecule has 106 valence electrons. The number of nitrogens with one attached hydrogen (secondary N) is 1. The predicted octanol–water partition coefficient (Wildman–Crippen LogP) is 4.56. The summed E-state index contributed by atoms with van der Waals surface area (Å²) in [5.74, 6) is 2.80. The normalized spacial score (nSPS) is 17.9. The molecule has 4 rings (SSSR count). The van der Waals surface area contributed by atoms with Crippen LogP contribution in [-0.2, 0) is 0 Å². The number of fused-ring (bicyclic) bond motifs is 1. The molecule has 2 heteroatoms. The van der Waals surface area contributed by atoms with Gasteiger partial charge in [0.1, 0.15) is 0 Å². The number of nitriles is 1. The highest BCUT2D eigenvalue weighted by molar-refractivity contribution is 5.97. The number of rotatable bonds is 5. The minimum Gasteiger partial charge on any atom is -0.384 e. The Hall–Kier alpha value is -2.01. The van der Waals surface area contributed by atoms with Crippen LogP contribution in [0.15, 0.2) is 36.4 Å². The van der Waals surface area contributed by atoms with E-state index in [1.807, 2.05) is 24.3 Å². The monoisotopic (exact) mass is 276 g/mol. The van der Waals surface area contributed by atoms with Crippen LogP contribution in [0.3, 0.4) is 0 Å². The summed E-state index contributed by atoms with van der Waals surface area (Å²) >= 11 is 0. The van der Waals surface area contributed by atoms with Crippen LogP contribution in [0.2, 0.25) is 0 Å². The van der Waals surface area contributed by atoms with E-state index < -0.39 is 0 Å². The van der Waals surface area contributed by atoms with Crippen LogP contribution in [-0.4, -0.2) is 6.54 Å². The summed E-state index contributed by atoms with van der Waals surface area (Å²) in [5, 5.41) is 15.1. The quantitative estimate of drug-likeness (QED) is 0.869. The van der Waals surface area contributed by atoms with E-state index in [0.717, 1.165) is 35.2 Å². The molecule has 2 saturated carbocycles. The summed E-state index contributed by atoms with van der Waals surface area (Å²) in [7, 11) is 0. The Balaban J connectivity index is 1.60. The minimum absolute atomic E-state index is 0.761. The maximum Gasteiger partial charge on any atom is 0.0998 e. The maximum atomic E-state index is 9.24. The van der Waals surface area contributed by atoms with Gasteiger partial charge in [-0.1, -0.05) is 24.3 Å². The minimum atomic E-state index is 0.761. The molecule has 2 nitrogen and oxygen atoms in total. The molecule has 0 radical (unpaired) electrons. The van der Waals surface area contributed by atoms with E-state index in [0.29, 0.717) is 0 Å². The van der Waals surface area contributed by atoms with E-state index in [2.05, 4.69) is 23.5 Å². The molecular formula is C19H20N2. The van der Waals surface area contributed by atoms with Crippen LogP contribution in [0.1, 0.15) is 31.2 Å². The van der Waals surface area contributed by atoms with E-state index in [4.69, 9.17) is 0 Å². The molecule has 21 heavy (non-hydrogen) atoms. The van der Waals surface area contributed by atoms with Gasteiger partial charge in [0, 0.05) is 23.0 Å². The predicted molar refractivity (Wildman–Crippen MR) is 86.1 cm³/mol. The van der Waals surface area contributed by atoms with E-state index in [1.165, 1.54) is 36.8 Å². The molecule has 2 aromatic carbocycles. The standard InChI is InChI=1S/C19H20N2/c20-11-15-9-10-19(17-4-2-1-3-16(15)17)21-12-18(13-5-6-13)14-7-8-14/h1-4,9-10,13-14,18,21H,5-8,12H2. The number of hydrogen-bond donors (Lipinski definition) is 1. The van der Waals surface area contributed by atoms with Gasteiger partial charge in [0.05, 0.1) is 11.6 Å². The Morgan fingerprint density at radius 1 is 1.00 bits per heavy atom. The second-order valence-corrected chi connectivity index (χ2v) is 6.54. The fourth-order valence-electron chi connectivity index (χ4n) is 3.55. The van der Waals surface area contributed by atoms with Crippen molar-refractivity contribution in [3.63, 3.8) is 0 Å². The lowest BCUT2D eigenvalue weighted by Gasteiger charge is -2.18. The van der Waals surface area contributed by atoms with Crippen molar-refractivity contribution in [2.45, 2.75) is 25.7 Å². The van der Waals surface area contributed by atoms with E-state index in [9.17, 15) is 5.26 Å². The van der Waals surface area contributed by atoms with Gasteiger partial charge >= 0.3 is 0 Å². The average molecular weight is 276 g/mol. The summed E-state index contributed by atoms with van der Waals surface area (Å²) in [5.41, 5.74) is 1.94. The number of nitrogens with zero attached hydrogens (tertiary/aromatic N) is 1. The van der Waals surface area contributed by atoms with Crippen molar-refractivity contribution >= 4 is 16.5 Å². The van der Waals surface area contributed by atoms with Crippen molar-refractivity contribution < 1.29 is 0 Å². The van der Waals surface area contributed by atoms with Gasteiger partial charge < -0.3 is 5.32 Å². The van der Waals surface area contributed by atoms with Gasteiger partial charge in [0.2, 0.25) is 0 Å². The lowest BCUT2D eigenvalue weighted by atomic mass is 9.97. The highest BCUT2D eigenvalue weighted by Gasteiger charge is 2.40. The topological polar surface area (TPSA) is 35.8 Å². The SMILES string of the molecule is N#Cc1ccc(NCC(C2CC2)C2CC2)c2ccccc12. The van der Waals surface area contributed by atoms with Crippen molar-refractivity contribution in [1.82, 2.24) is 0 Å². The van der Waals surface area contributed by atoms with E-state index >= 15 is 0 Å². The summed E-state index contributed by atoms with van der Waals surface area (Å²) in [6.45, 7) is 1.09. The zero-order chi connectivity index (χ0) is 14.2. The third kappa shape index (κ3) is 2.49. The van der Waals surface area contributed by atoms with Crippen LogP contribution in [0.25, 0.3) is 10.8 Å². The highest BCUT2D eigenvalue weighted by Crippen LogP contribution is 2.49. The van der Waals surface area contributed by atoms with Gasteiger partial charge in [-0.05, 0) is 55.6 Å². The number of hydrogen-bond acceptors (Lipinski definition) is 2. The highest BCUT2D eigenvalue weighted by atomic mass is 14.9. The molecule has 0 amide bonds. The summed E-state index contributed by atoms with van der Waals surface area (Å²) in [6, 6.07) is 14.5. The molecule has 2 aliphatic rings. The molecule has 0 bridgehead atoms. The molecule has 0 heterocycles. The molecule has 2 aliphatic carbocycles. The fraction of sp³-hybridized carbons (Fsp3) is 0.421. The molecule has 0 spiro atoms. The average Bonchev–Trinajstić information content (AvgIpc) is 3.40. The molecule has 1 N–H and O–H groups in total. The third-order valence-electron chi connectivity index (χ3n) is 5.03. The first-order valence-electron chi connectivity index (χ1n) is 8.02. The molecular weight excluding hydrogens is 256 g/mol. The second kappa shape index (κ2) is 5.07. The summed E-state index contributed by atoms with van der Waals surface area (Å²) < 4.78 is 0. The van der Waals surface area contributed by atoms with Crippen LogP contribution in [0.5, 0.6) is 0 Å². The fourth-order valence-corrected chi connectivity index (χ4v) is 3.55. The smallest absolute Gasteiger partial charge is 0.0998 e. The number of benzene rings is 2. The summed E-state index contributed by atoms with van der Waals surface area (Å²) in [4.78, 5) is 0. The van der Waals surface area contributed by atoms with Gasteiger partial charge in [-0.2, -0.15) is 5.26 Å². The maximum absolute atomic E-state index is 9.24. The molecule has 0 aromatic heterocycles. The Morgan fingerprint density at radius 2 is 1.67 bits per heavy atom. The number of anilines is 1. The Kier molecular flexibility index (Phi) is 3.07. The Morgan fingerprint density at radius 3 is 2.29 bits per heavy atom. The van der Waals surface area contributed by atoms with Crippen LogP contribution in [0.4, 0.5) is 5.69 Å². The van der Waals surface area contributed by atoms with Gasteiger partial charge in [0.25, 0.3) is 0 Å². The van der Waals surface area contributed by atoms with Crippen molar-refractivity contribution in [3.8, 4) is 6.07 Å². The van der Waals surface area contributed by atoms with Gasteiger partial charge in [-0.25, -0.2) is 0 Å². The van der Waals surface area contributed by atoms with Crippen molar-refractivity contribution in [3.05, 3.63) is 42.0 Å². The molecule has 0 saturated heterocycles. The van der Waals surface area contributed by atoms with Gasteiger partial charge in [0.15, 0.2) is 0 Å². The zero-order valence-corrected chi connectivity index (χ0v) is 12.2. The van der Waals surface area contributed by atoms with Crippen molar-refractivity contribution in [1.29, 1.82) is 5.26 Å². The molecule has 0 aliphatic heterocycles. The molecule has 2 aromatic rings. The van der Waals surface area contributed by atoms with Crippen molar-refractivity contribution in [2.24, 2.45) is 17.8 Å². The zero-order valence-electron chi connectivity index (χ0n) is 12.2. The van der Waals surface area contributed by atoms with Crippen LogP contribution >= 0.6 is 0 Å². The van der Waals surface area contributed by atoms with Gasteiger partial charge in [-0.15, -0.1) is 0 Å². The lowest BCUT2D eigenvalue weighted by molar-refractivity contribution is 0.428. The van der Waals surface area contributed by atoms with Crippen LogP contribution in [0, 0.1) is 29.1 Å². The third-order valence-corrected chi connectivity index (χ3v) is 5.03. The summed E-state index contributed by atoms with van der Waals surface area (Å²) in [6.07, 6.45) is 5.71. The molecule has 2 fully saturated rings. The van der Waals surface area contributed by atoms with Crippen molar-refractivity contribution in [2.75, 3.05) is 11.9 Å². The first-order valence-corrected chi connectivity index (χ1v) is 8.02. The second-order valence-electron chi connectivity index (χ2n) is 6.54. The lowest BCUT2D eigenvalue weighted by Crippen LogP contribution is -2.18.